The summed E-state index contributed by atoms with van der Waals surface area (Å²) in [5, 5.41) is 13.9. The topological polar surface area (TPSA) is 125 Å². The number of nitrogens with one attached hydrogen (secondary N) is 1. The van der Waals surface area contributed by atoms with Gasteiger partial charge in [-0.3, -0.25) is 19.2 Å². The number of fused-ring (bicyclic) bond motifs is 1. The first-order valence-corrected chi connectivity index (χ1v) is 19.2. The number of hydrogen-bond acceptors (Lipinski definition) is 7. The summed E-state index contributed by atoms with van der Waals surface area (Å²) in [5.74, 6) is -3.52. The number of allylic oxidation sites excluding steroid dienone is 1. The zero-order chi connectivity index (χ0) is 37.9. The molecule has 3 aliphatic heterocycles. The van der Waals surface area contributed by atoms with Crippen LogP contribution in [-0.4, -0.2) is 92.5 Å². The van der Waals surface area contributed by atoms with Gasteiger partial charge in [-0.25, -0.2) is 0 Å². The molecule has 2 N–H and O–H groups in total. The minimum absolute atomic E-state index is 0.0985. The number of likely N-dealkylation sites (tertiary alicyclic amines) is 1. The molecule has 0 radical (unpaired) electrons. The molecule has 9 atom stereocenters. The van der Waals surface area contributed by atoms with Gasteiger partial charge in [0.1, 0.15) is 18.2 Å². The number of benzene rings is 1. The predicted octanol–water partition coefficient (Wildman–Crippen LogP) is 5.74. The van der Waals surface area contributed by atoms with Crippen molar-refractivity contribution < 1.29 is 33.8 Å². The second kappa shape index (κ2) is 16.3. The first-order valence-electron chi connectivity index (χ1n) is 18.3. The molecule has 10 nitrogen and oxygen atoms in total. The van der Waals surface area contributed by atoms with Crippen molar-refractivity contribution in [2.24, 2.45) is 23.2 Å². The largest absolute Gasteiger partial charge is 0.463 e. The number of halogens is 1. The summed E-state index contributed by atoms with van der Waals surface area (Å²) in [7, 11) is 0. The van der Waals surface area contributed by atoms with Crippen molar-refractivity contribution in [3.05, 3.63) is 61.2 Å². The van der Waals surface area contributed by atoms with Crippen molar-refractivity contribution in [2.45, 2.75) is 121 Å². The molecular weight excluding hydrogens is 714 g/mol. The lowest BCUT2D eigenvalue weighted by atomic mass is 9.70. The van der Waals surface area contributed by atoms with Crippen LogP contribution in [0.25, 0.3) is 0 Å². The van der Waals surface area contributed by atoms with E-state index in [0.717, 1.165) is 5.56 Å². The number of alkyl halides is 1. The van der Waals surface area contributed by atoms with Gasteiger partial charge in [0.15, 0.2) is 0 Å². The smallest absolute Gasteiger partial charge is 0.306 e. The van der Waals surface area contributed by atoms with E-state index in [-0.39, 0.29) is 54.2 Å². The first kappa shape index (κ1) is 40.7. The fourth-order valence-corrected chi connectivity index (χ4v) is 9.71. The monoisotopic (exact) mass is 771 g/mol. The van der Waals surface area contributed by atoms with Crippen LogP contribution in [0, 0.1) is 23.2 Å². The fraction of sp³-hybridized carbons (Fsp3) is 0.650. The maximum Gasteiger partial charge on any atom is 0.306 e. The average molecular weight is 773 g/mol. The zero-order valence-corrected chi connectivity index (χ0v) is 33.0. The highest BCUT2D eigenvalue weighted by atomic mass is 79.9. The lowest BCUT2D eigenvalue weighted by molar-refractivity contribution is -0.156. The quantitative estimate of drug-likeness (QED) is 0.118. The molecule has 1 spiro atoms. The summed E-state index contributed by atoms with van der Waals surface area (Å²) in [6.07, 6.45) is 4.98. The Morgan fingerprint density at radius 1 is 1.18 bits per heavy atom. The molecule has 1 aromatic carbocycles. The van der Waals surface area contributed by atoms with Gasteiger partial charge in [-0.1, -0.05) is 99.5 Å². The van der Waals surface area contributed by atoms with E-state index in [1.165, 1.54) is 0 Å². The SMILES string of the molecule is C=CCCC(=O)OC[C@@H](NC(=O)[C@H]1[C@@H]2O[C@@]3(CC2Br)[C@@H]1C(=O)N([C@@H](CO)[C@@H](C)CC)[C@@H]3C(=O)N(CC=C)C(C)(C)CC(C)(C)C)c1ccccc1. The highest BCUT2D eigenvalue weighted by Crippen LogP contribution is 2.61. The zero-order valence-electron chi connectivity index (χ0n) is 31.4. The molecule has 0 saturated carbocycles. The van der Waals surface area contributed by atoms with E-state index in [4.69, 9.17) is 9.47 Å². The minimum atomic E-state index is -1.31. The van der Waals surface area contributed by atoms with Crippen molar-refractivity contribution in [1.82, 2.24) is 15.1 Å². The second-order valence-electron chi connectivity index (χ2n) is 16.3. The Kier molecular flexibility index (Phi) is 13.0. The standard InChI is InChI=1S/C40H58BrN3O7/c1-10-13-19-30(46)50-23-28(26-17-15-14-16-18-26)42-35(47)31-32-36(48)44(29(22-45)25(4)12-3)34(40(32)21-27(41)33(31)51-40)37(49)43(20-11-2)39(8,9)24-38(5,6)7/h10-11,14-18,25,27-29,31-34,45H,1-2,12-13,19-24H2,3-9H3,(H,42,47)/t25-,27?,28+,29-,31+,32-,33+,34+,40-/m0/s1. The second-order valence-corrected chi connectivity index (χ2v) is 17.5. The molecule has 282 valence electrons. The van der Waals surface area contributed by atoms with Crippen LogP contribution >= 0.6 is 15.9 Å². The van der Waals surface area contributed by atoms with Crippen LogP contribution in [0.5, 0.6) is 0 Å². The molecule has 0 aliphatic carbocycles. The average Bonchev–Trinajstić information content (AvgIpc) is 3.66. The summed E-state index contributed by atoms with van der Waals surface area (Å²) >= 11 is 3.78. The molecule has 2 bridgehead atoms. The fourth-order valence-electron chi connectivity index (χ4n) is 8.77. The van der Waals surface area contributed by atoms with E-state index in [1.54, 1.807) is 22.0 Å². The number of amides is 3. The van der Waals surface area contributed by atoms with Crippen LogP contribution in [0.1, 0.15) is 92.2 Å². The number of nitrogens with zero attached hydrogens (tertiary/aromatic N) is 2. The Morgan fingerprint density at radius 3 is 2.41 bits per heavy atom. The molecule has 3 aliphatic rings. The Balaban J connectivity index is 1.77. The maximum absolute atomic E-state index is 15.2. The molecule has 3 heterocycles. The molecule has 3 saturated heterocycles. The summed E-state index contributed by atoms with van der Waals surface area (Å²) in [6.45, 7) is 21.8. The number of aliphatic hydroxyl groups is 1. The van der Waals surface area contributed by atoms with E-state index in [2.05, 4.69) is 55.2 Å². The normalized spacial score (nSPS) is 27.4. The van der Waals surface area contributed by atoms with Crippen LogP contribution in [0.4, 0.5) is 0 Å². The third kappa shape index (κ3) is 8.31. The van der Waals surface area contributed by atoms with E-state index < -0.39 is 59.1 Å². The van der Waals surface area contributed by atoms with Gasteiger partial charge in [-0.2, -0.15) is 0 Å². The number of hydrogen-bond donors (Lipinski definition) is 2. The van der Waals surface area contributed by atoms with E-state index in [0.29, 0.717) is 25.7 Å². The van der Waals surface area contributed by atoms with Crippen molar-refractivity contribution in [3.8, 4) is 0 Å². The van der Waals surface area contributed by atoms with E-state index in [9.17, 15) is 19.5 Å². The summed E-state index contributed by atoms with van der Waals surface area (Å²) < 4.78 is 12.4. The van der Waals surface area contributed by atoms with Crippen molar-refractivity contribution in [3.63, 3.8) is 0 Å². The van der Waals surface area contributed by atoms with Gasteiger partial charge in [-0.15, -0.1) is 13.2 Å². The number of aliphatic hydroxyl groups excluding tert-OH is 1. The molecule has 0 aromatic heterocycles. The van der Waals surface area contributed by atoms with Gasteiger partial charge < -0.3 is 29.7 Å². The van der Waals surface area contributed by atoms with Crippen LogP contribution < -0.4 is 5.32 Å². The van der Waals surface area contributed by atoms with Gasteiger partial charge in [0, 0.05) is 23.3 Å². The Morgan fingerprint density at radius 2 is 1.84 bits per heavy atom. The molecule has 1 aromatic rings. The summed E-state index contributed by atoms with van der Waals surface area (Å²) in [6, 6.07) is 6.80. The number of carbonyl (C=O) groups excluding carboxylic acids is 4. The van der Waals surface area contributed by atoms with Crippen LogP contribution in [0.3, 0.4) is 0 Å². The lowest BCUT2D eigenvalue weighted by Gasteiger charge is -2.47. The minimum Gasteiger partial charge on any atom is -0.463 e. The summed E-state index contributed by atoms with van der Waals surface area (Å²) in [4.78, 5) is 60.2. The number of esters is 1. The maximum atomic E-state index is 15.2. The van der Waals surface area contributed by atoms with Crippen molar-refractivity contribution >= 4 is 39.6 Å². The van der Waals surface area contributed by atoms with Crippen molar-refractivity contribution in [1.29, 1.82) is 0 Å². The molecule has 51 heavy (non-hydrogen) atoms. The van der Waals surface area contributed by atoms with Gasteiger partial charge in [-0.05, 0) is 50.0 Å². The Hall–Kier alpha value is -3.02. The number of carbonyl (C=O) groups is 4. The molecule has 1 unspecified atom stereocenters. The molecule has 4 rings (SSSR count). The van der Waals surface area contributed by atoms with Gasteiger partial charge >= 0.3 is 5.97 Å². The molecule has 3 fully saturated rings. The highest BCUT2D eigenvalue weighted by molar-refractivity contribution is 9.09. The van der Waals surface area contributed by atoms with Crippen molar-refractivity contribution in [2.75, 3.05) is 19.8 Å². The molecular formula is C40H58BrN3O7. The van der Waals surface area contributed by atoms with Crippen LogP contribution in [0.15, 0.2) is 55.6 Å². The van der Waals surface area contributed by atoms with Gasteiger partial charge in [0.2, 0.25) is 17.7 Å². The van der Waals surface area contributed by atoms with Gasteiger partial charge in [0.25, 0.3) is 0 Å². The Bertz CT molecular complexity index is 1440. The number of ether oxygens (including phenoxy) is 2. The van der Waals surface area contributed by atoms with Crippen LogP contribution in [-0.2, 0) is 28.7 Å². The first-order chi connectivity index (χ1) is 24.0. The van der Waals surface area contributed by atoms with E-state index >= 15 is 4.79 Å². The number of rotatable bonds is 17. The molecule has 11 heteroatoms. The lowest BCUT2D eigenvalue weighted by Crippen LogP contribution is -2.63. The summed E-state index contributed by atoms with van der Waals surface area (Å²) in [5.41, 5.74) is -1.30. The highest BCUT2D eigenvalue weighted by Gasteiger charge is 2.77. The van der Waals surface area contributed by atoms with Crippen LogP contribution in [0.2, 0.25) is 0 Å². The molecule has 3 amide bonds. The van der Waals surface area contributed by atoms with E-state index in [1.807, 2.05) is 58.0 Å². The Labute approximate surface area is 312 Å². The third-order valence-corrected chi connectivity index (χ3v) is 11.7. The van der Waals surface area contributed by atoms with Gasteiger partial charge in [0.05, 0.1) is 36.6 Å². The predicted molar refractivity (Wildman–Crippen MR) is 201 cm³/mol. The third-order valence-electron chi connectivity index (χ3n) is 10.9.